The van der Waals surface area contributed by atoms with Crippen LogP contribution in [-0.4, -0.2) is 33.1 Å². The lowest BCUT2D eigenvalue weighted by atomic mass is 10.0. The van der Waals surface area contributed by atoms with Crippen LogP contribution in [0.4, 0.5) is 5.69 Å². The quantitative estimate of drug-likeness (QED) is 0.728. The van der Waals surface area contributed by atoms with Gasteiger partial charge in [0.2, 0.25) is 10.0 Å². The Morgan fingerprint density at radius 1 is 1.27 bits per heavy atom. The smallest absolute Gasteiger partial charge is 0.232 e. The first-order valence-corrected chi connectivity index (χ1v) is 10.4. The third-order valence-electron chi connectivity index (χ3n) is 4.41. The van der Waals surface area contributed by atoms with Gasteiger partial charge >= 0.3 is 0 Å². The molecule has 0 unspecified atom stereocenters. The van der Waals surface area contributed by atoms with Crippen LogP contribution in [-0.2, 0) is 16.4 Å². The minimum absolute atomic E-state index is 0.0921. The molecule has 0 saturated heterocycles. The number of sulfonamides is 1. The molecule has 26 heavy (non-hydrogen) atoms. The van der Waals surface area contributed by atoms with Crippen LogP contribution >= 0.6 is 11.6 Å². The van der Waals surface area contributed by atoms with E-state index in [9.17, 15) is 13.2 Å². The van der Waals surface area contributed by atoms with Gasteiger partial charge in [0.05, 0.1) is 11.9 Å². The van der Waals surface area contributed by atoms with Gasteiger partial charge in [-0.3, -0.25) is 9.10 Å². The average Bonchev–Trinajstić information content (AvgIpc) is 2.90. The van der Waals surface area contributed by atoms with Gasteiger partial charge in [0.15, 0.2) is 12.4 Å². The molecule has 0 aromatic heterocycles. The standard InChI is InChI=1S/C19H20ClNO4S/c1-12-8-16(5-6-17(12)20)25-11-19(22)14-4-7-18-15(10-14)9-13(2)21(18)26(3,23)24/h4-8,10,13H,9,11H2,1-3H3/t13-/m0/s1. The minimum Gasteiger partial charge on any atom is -0.485 e. The van der Waals surface area contributed by atoms with Crippen LogP contribution in [0.3, 0.4) is 0 Å². The maximum absolute atomic E-state index is 12.4. The fourth-order valence-corrected chi connectivity index (χ4v) is 4.60. The number of hydrogen-bond donors (Lipinski definition) is 0. The van der Waals surface area contributed by atoms with Crippen molar-refractivity contribution < 1.29 is 17.9 Å². The molecule has 2 aromatic rings. The Bertz CT molecular complexity index is 971. The highest BCUT2D eigenvalue weighted by molar-refractivity contribution is 7.92. The number of aryl methyl sites for hydroxylation is 1. The van der Waals surface area contributed by atoms with E-state index in [1.807, 2.05) is 13.8 Å². The highest BCUT2D eigenvalue weighted by Crippen LogP contribution is 2.34. The van der Waals surface area contributed by atoms with E-state index in [4.69, 9.17) is 16.3 Å². The molecule has 0 aliphatic carbocycles. The number of carbonyl (C=O) groups excluding carboxylic acids is 1. The van der Waals surface area contributed by atoms with Crippen molar-refractivity contribution in [1.82, 2.24) is 0 Å². The molecule has 1 aliphatic rings. The van der Waals surface area contributed by atoms with Crippen molar-refractivity contribution in [1.29, 1.82) is 0 Å². The Morgan fingerprint density at radius 3 is 2.65 bits per heavy atom. The van der Waals surface area contributed by atoms with E-state index in [2.05, 4.69) is 0 Å². The van der Waals surface area contributed by atoms with Gasteiger partial charge in [0, 0.05) is 16.6 Å². The number of carbonyl (C=O) groups is 1. The van der Waals surface area contributed by atoms with E-state index in [1.165, 1.54) is 10.6 Å². The molecule has 1 heterocycles. The summed E-state index contributed by atoms with van der Waals surface area (Å²) in [7, 11) is -3.34. The Labute approximate surface area is 158 Å². The summed E-state index contributed by atoms with van der Waals surface area (Å²) in [5.41, 5.74) is 2.89. The third kappa shape index (κ3) is 3.71. The fraction of sp³-hybridized carbons (Fsp3) is 0.316. The van der Waals surface area contributed by atoms with Crippen LogP contribution in [0, 0.1) is 6.92 Å². The Balaban J connectivity index is 1.75. The minimum atomic E-state index is -3.34. The average molecular weight is 394 g/mol. The highest BCUT2D eigenvalue weighted by atomic mass is 35.5. The Morgan fingerprint density at radius 2 is 2.00 bits per heavy atom. The second-order valence-electron chi connectivity index (χ2n) is 6.58. The molecule has 0 amide bonds. The predicted octanol–water partition coefficient (Wildman–Crippen LogP) is 3.62. The van der Waals surface area contributed by atoms with Crippen LogP contribution in [0.5, 0.6) is 5.75 Å². The zero-order chi connectivity index (χ0) is 19.1. The number of hydrogen-bond acceptors (Lipinski definition) is 4. The van der Waals surface area contributed by atoms with Crippen molar-refractivity contribution in [2.24, 2.45) is 0 Å². The molecule has 0 fully saturated rings. The molecule has 5 nitrogen and oxygen atoms in total. The summed E-state index contributed by atoms with van der Waals surface area (Å²) in [4.78, 5) is 12.4. The first-order chi connectivity index (χ1) is 12.2. The topological polar surface area (TPSA) is 63.7 Å². The van der Waals surface area contributed by atoms with Crippen LogP contribution in [0.25, 0.3) is 0 Å². The Kier molecular flexibility index (Phi) is 4.99. The molecule has 0 N–H and O–H groups in total. The summed E-state index contributed by atoms with van der Waals surface area (Å²) < 4.78 is 30.9. The molecule has 1 atom stereocenters. The number of benzene rings is 2. The van der Waals surface area contributed by atoms with Gasteiger partial charge in [0.1, 0.15) is 5.75 Å². The molecule has 1 aliphatic heterocycles. The first-order valence-electron chi connectivity index (χ1n) is 8.21. The third-order valence-corrected chi connectivity index (χ3v) is 6.11. The molecule has 7 heteroatoms. The van der Waals surface area contributed by atoms with Crippen molar-refractivity contribution in [3.63, 3.8) is 0 Å². The summed E-state index contributed by atoms with van der Waals surface area (Å²) in [6.07, 6.45) is 1.78. The van der Waals surface area contributed by atoms with E-state index >= 15 is 0 Å². The molecule has 0 bridgehead atoms. The number of rotatable bonds is 5. The largest absolute Gasteiger partial charge is 0.485 e. The van der Waals surface area contributed by atoms with Gasteiger partial charge in [-0.15, -0.1) is 0 Å². The number of ketones is 1. The molecular formula is C19H20ClNO4S. The molecule has 3 rings (SSSR count). The lowest BCUT2D eigenvalue weighted by molar-refractivity contribution is 0.0921. The van der Waals surface area contributed by atoms with E-state index in [0.717, 1.165) is 11.1 Å². The van der Waals surface area contributed by atoms with Crippen molar-refractivity contribution in [3.8, 4) is 5.75 Å². The van der Waals surface area contributed by atoms with Gasteiger partial charge in [-0.2, -0.15) is 0 Å². The Hall–Kier alpha value is -2.05. The number of Topliss-reactive ketones (excluding diaryl/α,β-unsaturated/α-hetero) is 1. The number of ether oxygens (including phenoxy) is 1. The monoisotopic (exact) mass is 393 g/mol. The van der Waals surface area contributed by atoms with Gasteiger partial charge in [0.25, 0.3) is 0 Å². The summed E-state index contributed by atoms with van der Waals surface area (Å²) in [5, 5.41) is 0.645. The zero-order valence-corrected chi connectivity index (χ0v) is 16.4. The van der Waals surface area contributed by atoms with Crippen molar-refractivity contribution in [2.75, 3.05) is 17.2 Å². The number of anilines is 1. The molecular weight excluding hydrogens is 374 g/mol. The molecule has 2 aromatic carbocycles. The second-order valence-corrected chi connectivity index (χ2v) is 8.84. The van der Waals surface area contributed by atoms with Crippen molar-refractivity contribution >= 4 is 33.1 Å². The van der Waals surface area contributed by atoms with E-state index in [-0.39, 0.29) is 18.4 Å². The number of fused-ring (bicyclic) bond motifs is 1. The van der Waals surface area contributed by atoms with Crippen molar-refractivity contribution in [2.45, 2.75) is 26.3 Å². The second kappa shape index (κ2) is 6.93. The van der Waals surface area contributed by atoms with Crippen LogP contribution in [0.2, 0.25) is 5.02 Å². The molecule has 0 spiro atoms. The predicted molar refractivity (Wildman–Crippen MR) is 103 cm³/mol. The summed E-state index contributed by atoms with van der Waals surface area (Å²) in [5.74, 6) is 0.421. The van der Waals surface area contributed by atoms with Gasteiger partial charge < -0.3 is 4.74 Å². The lowest BCUT2D eigenvalue weighted by Gasteiger charge is -2.21. The SMILES string of the molecule is Cc1cc(OCC(=O)c2ccc3c(c2)C[C@H](C)N3S(C)(=O)=O)ccc1Cl. The van der Waals surface area contributed by atoms with E-state index in [1.54, 1.807) is 36.4 Å². The molecule has 0 radical (unpaired) electrons. The number of nitrogens with zero attached hydrogens (tertiary/aromatic N) is 1. The zero-order valence-electron chi connectivity index (χ0n) is 14.8. The maximum Gasteiger partial charge on any atom is 0.232 e. The summed E-state index contributed by atoms with van der Waals surface area (Å²) in [6, 6.07) is 10.2. The van der Waals surface area contributed by atoms with Gasteiger partial charge in [-0.25, -0.2) is 8.42 Å². The van der Waals surface area contributed by atoms with Gasteiger partial charge in [-0.05, 0) is 67.8 Å². The first kappa shape index (κ1) is 18.7. The summed E-state index contributed by atoms with van der Waals surface area (Å²) >= 11 is 5.98. The van der Waals surface area contributed by atoms with Crippen molar-refractivity contribution in [3.05, 3.63) is 58.1 Å². The fourth-order valence-electron chi connectivity index (χ4n) is 3.22. The summed E-state index contributed by atoms with van der Waals surface area (Å²) in [6.45, 7) is 3.63. The van der Waals surface area contributed by atoms with Crippen LogP contribution in [0.15, 0.2) is 36.4 Å². The maximum atomic E-state index is 12.4. The molecule has 138 valence electrons. The van der Waals surface area contributed by atoms with Crippen LogP contribution < -0.4 is 9.04 Å². The van der Waals surface area contributed by atoms with E-state index in [0.29, 0.717) is 28.4 Å². The van der Waals surface area contributed by atoms with Crippen LogP contribution in [0.1, 0.15) is 28.4 Å². The molecule has 0 saturated carbocycles. The highest BCUT2D eigenvalue weighted by Gasteiger charge is 2.32. The normalized spacial score (nSPS) is 16.5. The lowest BCUT2D eigenvalue weighted by Crippen LogP contribution is -2.34. The van der Waals surface area contributed by atoms with Gasteiger partial charge in [-0.1, -0.05) is 11.6 Å². The number of halogens is 1. The van der Waals surface area contributed by atoms with E-state index < -0.39 is 10.0 Å².